The Morgan fingerprint density at radius 3 is 2.50 bits per heavy atom. The highest BCUT2D eigenvalue weighted by atomic mass is 16.5. The molecule has 0 aliphatic carbocycles. The van der Waals surface area contributed by atoms with E-state index in [-0.39, 0.29) is 0 Å². The number of anilines is 3. The van der Waals surface area contributed by atoms with E-state index >= 15 is 0 Å². The zero-order chi connectivity index (χ0) is 18.8. The molecule has 0 spiro atoms. The minimum absolute atomic E-state index is 0.419. The van der Waals surface area contributed by atoms with Gasteiger partial charge >= 0.3 is 0 Å². The molecule has 0 bridgehead atoms. The van der Waals surface area contributed by atoms with Crippen molar-refractivity contribution in [3.63, 3.8) is 0 Å². The zero-order valence-corrected chi connectivity index (χ0v) is 15.2. The third-order valence-corrected chi connectivity index (χ3v) is 4.43. The van der Waals surface area contributed by atoms with Gasteiger partial charge < -0.3 is 20.5 Å². The minimum Gasteiger partial charge on any atom is -0.493 e. The van der Waals surface area contributed by atoms with Crippen molar-refractivity contribution in [3.05, 3.63) is 47.2 Å². The highest BCUT2D eigenvalue weighted by molar-refractivity contribution is 6.00. The molecule has 0 saturated carbocycles. The summed E-state index contributed by atoms with van der Waals surface area (Å²) >= 11 is 0. The molecule has 1 aromatic heterocycles. The number of ether oxygens (including phenoxy) is 2. The lowest BCUT2D eigenvalue weighted by Gasteiger charge is -2.17. The fourth-order valence-electron chi connectivity index (χ4n) is 2.88. The normalized spacial score (nSPS) is 10.4. The van der Waals surface area contributed by atoms with Crippen LogP contribution in [-0.4, -0.2) is 19.2 Å². The minimum atomic E-state index is 0.419. The van der Waals surface area contributed by atoms with Crippen LogP contribution in [0.25, 0.3) is 10.9 Å². The van der Waals surface area contributed by atoms with Crippen molar-refractivity contribution in [3.8, 4) is 17.6 Å². The molecular weight excluding hydrogens is 328 g/mol. The number of nitrogen functional groups attached to an aromatic ring is 1. The maximum Gasteiger partial charge on any atom is 0.187 e. The van der Waals surface area contributed by atoms with E-state index in [2.05, 4.69) is 16.4 Å². The number of hydrogen-bond acceptors (Lipinski definition) is 6. The molecule has 0 atom stereocenters. The summed E-state index contributed by atoms with van der Waals surface area (Å²) in [5, 5.41) is 13.6. The Kier molecular flexibility index (Phi) is 4.55. The molecule has 0 aliphatic rings. The fraction of sp³-hybridized carbons (Fsp3) is 0.200. The third kappa shape index (κ3) is 2.84. The monoisotopic (exact) mass is 348 g/mol. The number of nitrogens with one attached hydrogen (secondary N) is 1. The Labute approximate surface area is 152 Å². The second kappa shape index (κ2) is 6.81. The molecule has 26 heavy (non-hydrogen) atoms. The van der Waals surface area contributed by atoms with Crippen molar-refractivity contribution in [2.45, 2.75) is 13.8 Å². The van der Waals surface area contributed by atoms with Crippen LogP contribution < -0.4 is 20.5 Å². The number of aryl methyl sites for hydroxylation is 2. The molecule has 0 amide bonds. The molecule has 3 aromatic rings. The maximum absolute atomic E-state index is 9.53. The van der Waals surface area contributed by atoms with Gasteiger partial charge in [-0.1, -0.05) is 0 Å². The Hall–Kier alpha value is -3.46. The summed E-state index contributed by atoms with van der Waals surface area (Å²) in [6.45, 7) is 4.03. The highest BCUT2D eigenvalue weighted by Gasteiger charge is 2.17. The molecule has 0 unspecified atom stereocenters. The molecule has 3 rings (SSSR count). The van der Waals surface area contributed by atoms with Crippen molar-refractivity contribution in [2.24, 2.45) is 0 Å². The SMILES string of the molecule is COc1ccc2c(Nc3cc(C)c(C)cc3N)c(C#N)cnc2c1OC. The topological polar surface area (TPSA) is 93.2 Å². The Morgan fingerprint density at radius 1 is 1.12 bits per heavy atom. The largest absolute Gasteiger partial charge is 0.493 e. The van der Waals surface area contributed by atoms with Gasteiger partial charge in [0.05, 0.1) is 36.8 Å². The number of aromatic nitrogens is 1. The van der Waals surface area contributed by atoms with Crippen LogP contribution in [0.2, 0.25) is 0 Å². The lowest BCUT2D eigenvalue weighted by molar-refractivity contribution is 0.358. The quantitative estimate of drug-likeness (QED) is 0.691. The zero-order valence-electron chi connectivity index (χ0n) is 15.2. The number of pyridine rings is 1. The van der Waals surface area contributed by atoms with Crippen LogP contribution >= 0.6 is 0 Å². The van der Waals surface area contributed by atoms with Crippen molar-refractivity contribution in [1.29, 1.82) is 5.26 Å². The van der Waals surface area contributed by atoms with Crippen molar-refractivity contribution in [1.82, 2.24) is 4.98 Å². The number of benzene rings is 2. The van der Waals surface area contributed by atoms with E-state index in [4.69, 9.17) is 15.2 Å². The molecule has 0 aliphatic heterocycles. The average Bonchev–Trinajstić information content (AvgIpc) is 2.65. The summed E-state index contributed by atoms with van der Waals surface area (Å²) in [6, 6.07) is 9.71. The Balaban J connectivity index is 2.25. The van der Waals surface area contributed by atoms with Crippen LogP contribution in [0.3, 0.4) is 0 Å². The summed E-state index contributed by atoms with van der Waals surface area (Å²) in [5.41, 5.74) is 11.4. The molecule has 6 heteroatoms. The van der Waals surface area contributed by atoms with Crippen molar-refractivity contribution in [2.75, 3.05) is 25.3 Å². The first-order chi connectivity index (χ1) is 12.5. The van der Waals surface area contributed by atoms with Gasteiger partial charge in [-0.05, 0) is 49.2 Å². The first kappa shape index (κ1) is 17.4. The smallest absolute Gasteiger partial charge is 0.187 e. The molecule has 0 saturated heterocycles. The molecule has 0 fully saturated rings. The number of hydrogen-bond donors (Lipinski definition) is 2. The van der Waals surface area contributed by atoms with E-state index in [1.165, 1.54) is 6.20 Å². The van der Waals surface area contributed by atoms with Gasteiger partial charge in [-0.3, -0.25) is 4.98 Å². The molecule has 6 nitrogen and oxygen atoms in total. The standard InChI is InChI=1S/C20H20N4O2/c1-11-7-15(22)16(8-12(11)2)24-18-13(9-21)10-23-19-14(18)5-6-17(25-3)20(19)26-4/h5-8,10H,22H2,1-4H3,(H,23,24). The van der Waals surface area contributed by atoms with Crippen LogP contribution in [0, 0.1) is 25.2 Å². The predicted octanol–water partition coefficient (Wildman–Crippen LogP) is 4.07. The molecule has 132 valence electrons. The van der Waals surface area contributed by atoms with Gasteiger partial charge in [0.15, 0.2) is 11.5 Å². The predicted molar refractivity (Wildman–Crippen MR) is 103 cm³/mol. The number of nitriles is 1. The summed E-state index contributed by atoms with van der Waals surface area (Å²) in [6.07, 6.45) is 1.52. The first-order valence-electron chi connectivity index (χ1n) is 8.07. The Morgan fingerprint density at radius 2 is 1.85 bits per heavy atom. The third-order valence-electron chi connectivity index (χ3n) is 4.43. The van der Waals surface area contributed by atoms with E-state index in [1.54, 1.807) is 20.3 Å². The molecule has 2 aromatic carbocycles. The number of nitrogens with two attached hydrogens (primary N) is 1. The summed E-state index contributed by atoms with van der Waals surface area (Å²) < 4.78 is 10.8. The van der Waals surface area contributed by atoms with E-state index in [0.717, 1.165) is 22.2 Å². The number of fused-ring (bicyclic) bond motifs is 1. The van der Waals surface area contributed by atoms with Crippen LogP contribution in [0.15, 0.2) is 30.5 Å². The lowest BCUT2D eigenvalue weighted by atomic mass is 10.1. The Bertz CT molecular complexity index is 1040. The highest BCUT2D eigenvalue weighted by Crippen LogP contribution is 2.39. The van der Waals surface area contributed by atoms with E-state index in [0.29, 0.717) is 34.0 Å². The lowest BCUT2D eigenvalue weighted by Crippen LogP contribution is -2.02. The van der Waals surface area contributed by atoms with Crippen LogP contribution in [0.4, 0.5) is 17.1 Å². The van der Waals surface area contributed by atoms with Crippen LogP contribution in [0.5, 0.6) is 11.5 Å². The molecule has 0 radical (unpaired) electrons. The van der Waals surface area contributed by atoms with Gasteiger partial charge in [0.25, 0.3) is 0 Å². The van der Waals surface area contributed by atoms with Gasteiger partial charge in [0.1, 0.15) is 11.6 Å². The van der Waals surface area contributed by atoms with Crippen molar-refractivity contribution >= 4 is 28.0 Å². The van der Waals surface area contributed by atoms with E-state index < -0.39 is 0 Å². The van der Waals surface area contributed by atoms with E-state index in [1.807, 2.05) is 32.0 Å². The van der Waals surface area contributed by atoms with Gasteiger partial charge in [-0.15, -0.1) is 0 Å². The molecule has 3 N–H and O–H groups in total. The molecular formula is C20H20N4O2. The van der Waals surface area contributed by atoms with Crippen molar-refractivity contribution < 1.29 is 9.47 Å². The summed E-state index contributed by atoms with van der Waals surface area (Å²) in [5.74, 6) is 1.10. The number of methoxy groups -OCH3 is 2. The second-order valence-electron chi connectivity index (χ2n) is 6.00. The van der Waals surface area contributed by atoms with Gasteiger partial charge in [-0.2, -0.15) is 5.26 Å². The van der Waals surface area contributed by atoms with Crippen LogP contribution in [-0.2, 0) is 0 Å². The van der Waals surface area contributed by atoms with Gasteiger partial charge in [0.2, 0.25) is 0 Å². The molecule has 1 heterocycles. The number of rotatable bonds is 4. The maximum atomic E-state index is 9.53. The second-order valence-corrected chi connectivity index (χ2v) is 6.00. The van der Waals surface area contributed by atoms with Crippen LogP contribution in [0.1, 0.15) is 16.7 Å². The number of nitrogens with zero attached hydrogens (tertiary/aromatic N) is 2. The van der Waals surface area contributed by atoms with Gasteiger partial charge in [0, 0.05) is 11.6 Å². The van der Waals surface area contributed by atoms with E-state index in [9.17, 15) is 5.26 Å². The summed E-state index contributed by atoms with van der Waals surface area (Å²) in [4.78, 5) is 4.39. The average molecular weight is 348 g/mol. The first-order valence-corrected chi connectivity index (χ1v) is 8.07. The van der Waals surface area contributed by atoms with Gasteiger partial charge in [-0.25, -0.2) is 0 Å². The fourth-order valence-corrected chi connectivity index (χ4v) is 2.88. The summed E-state index contributed by atoms with van der Waals surface area (Å²) in [7, 11) is 3.13.